The summed E-state index contributed by atoms with van der Waals surface area (Å²) in [5, 5.41) is 0. The van der Waals surface area contributed by atoms with Crippen LogP contribution in [0.15, 0.2) is 24.3 Å². The molecule has 2 amide bonds. The molecule has 0 saturated carbocycles. The zero-order valence-corrected chi connectivity index (χ0v) is 16.6. The van der Waals surface area contributed by atoms with Crippen LogP contribution in [0.25, 0.3) is 0 Å². The first-order chi connectivity index (χ1) is 13.5. The van der Waals surface area contributed by atoms with Crippen LogP contribution in [-0.4, -0.2) is 60.2 Å². The number of para-hydroxylation sites is 1. The van der Waals surface area contributed by atoms with Gasteiger partial charge in [0.1, 0.15) is 6.61 Å². The predicted molar refractivity (Wildman–Crippen MR) is 103 cm³/mol. The van der Waals surface area contributed by atoms with Crippen LogP contribution in [-0.2, 0) is 9.53 Å². The normalized spacial score (nSPS) is 21.5. The van der Waals surface area contributed by atoms with Gasteiger partial charge in [-0.25, -0.2) is 9.18 Å². The number of carbonyl (C=O) groups excluding carboxylic acids is 2. The average molecular weight is 392 g/mol. The predicted octanol–water partition coefficient (Wildman–Crippen LogP) is 3.45. The van der Waals surface area contributed by atoms with E-state index in [2.05, 4.69) is 13.8 Å². The number of benzene rings is 1. The highest BCUT2D eigenvalue weighted by Gasteiger charge is 2.41. The molecule has 2 aliphatic heterocycles. The van der Waals surface area contributed by atoms with Gasteiger partial charge in [-0.2, -0.15) is 0 Å². The second kappa shape index (κ2) is 9.26. The van der Waals surface area contributed by atoms with Crippen molar-refractivity contribution in [3.8, 4) is 5.75 Å². The lowest BCUT2D eigenvalue weighted by atomic mass is 9.95. The molecule has 154 valence electrons. The van der Waals surface area contributed by atoms with E-state index in [1.165, 1.54) is 6.07 Å². The minimum absolute atomic E-state index is 0.00253. The van der Waals surface area contributed by atoms with E-state index in [1.54, 1.807) is 23.1 Å². The summed E-state index contributed by atoms with van der Waals surface area (Å²) in [6.07, 6.45) is 2.48. The number of piperidine rings is 1. The standard InChI is InChI=1S/C21H29FN2O4/c1-3-15(2)18-14-28-21(26)24(18)16-8-11-23(12-9-16)20(25)10-13-27-19-7-5-4-6-17(19)22/h4-7,15-16,18H,3,8-14H2,1-2H3/t15-,18+/m0/s1. The Balaban J connectivity index is 1.46. The zero-order chi connectivity index (χ0) is 20.1. The van der Waals surface area contributed by atoms with Crippen molar-refractivity contribution in [1.82, 2.24) is 9.80 Å². The summed E-state index contributed by atoms with van der Waals surface area (Å²) in [6.45, 7) is 6.10. The Hall–Kier alpha value is -2.31. The van der Waals surface area contributed by atoms with E-state index in [9.17, 15) is 14.0 Å². The molecular weight excluding hydrogens is 363 g/mol. The van der Waals surface area contributed by atoms with Crippen molar-refractivity contribution in [1.29, 1.82) is 0 Å². The van der Waals surface area contributed by atoms with E-state index < -0.39 is 5.82 Å². The molecule has 2 heterocycles. The lowest BCUT2D eigenvalue weighted by Crippen LogP contribution is -2.51. The smallest absolute Gasteiger partial charge is 0.410 e. The molecule has 3 rings (SSSR count). The lowest BCUT2D eigenvalue weighted by molar-refractivity contribution is -0.133. The molecule has 0 aliphatic carbocycles. The third kappa shape index (κ3) is 4.56. The van der Waals surface area contributed by atoms with Gasteiger partial charge in [0.05, 0.1) is 19.1 Å². The summed E-state index contributed by atoms with van der Waals surface area (Å²) in [7, 11) is 0. The topological polar surface area (TPSA) is 59.1 Å². The van der Waals surface area contributed by atoms with Crippen molar-refractivity contribution >= 4 is 12.0 Å². The van der Waals surface area contributed by atoms with E-state index in [-0.39, 0.29) is 42.9 Å². The van der Waals surface area contributed by atoms with E-state index in [4.69, 9.17) is 9.47 Å². The van der Waals surface area contributed by atoms with Gasteiger partial charge in [-0.05, 0) is 30.9 Å². The van der Waals surface area contributed by atoms with E-state index in [0.717, 1.165) is 19.3 Å². The molecule has 0 aromatic heterocycles. The third-order valence-corrected chi connectivity index (χ3v) is 5.87. The number of cyclic esters (lactones) is 1. The van der Waals surface area contributed by atoms with E-state index in [0.29, 0.717) is 25.6 Å². The maximum atomic E-state index is 13.5. The molecule has 2 fully saturated rings. The van der Waals surface area contributed by atoms with Crippen LogP contribution in [0.3, 0.4) is 0 Å². The fraction of sp³-hybridized carbons (Fsp3) is 0.619. The van der Waals surface area contributed by atoms with Gasteiger partial charge in [0.2, 0.25) is 5.91 Å². The first-order valence-corrected chi connectivity index (χ1v) is 10.1. The summed E-state index contributed by atoms with van der Waals surface area (Å²) >= 11 is 0. The van der Waals surface area contributed by atoms with Crippen LogP contribution < -0.4 is 4.74 Å². The third-order valence-electron chi connectivity index (χ3n) is 5.87. The maximum absolute atomic E-state index is 13.5. The number of rotatable bonds is 7. The Morgan fingerprint density at radius 2 is 2.04 bits per heavy atom. The molecule has 7 heteroatoms. The number of halogens is 1. The first-order valence-electron chi connectivity index (χ1n) is 10.1. The molecule has 2 saturated heterocycles. The Labute approximate surface area is 165 Å². The van der Waals surface area contributed by atoms with Crippen LogP contribution in [0.2, 0.25) is 0 Å². The van der Waals surface area contributed by atoms with Crippen LogP contribution in [0, 0.1) is 11.7 Å². The molecule has 0 unspecified atom stereocenters. The quantitative estimate of drug-likeness (QED) is 0.713. The van der Waals surface area contributed by atoms with Crippen LogP contribution in [0.5, 0.6) is 5.75 Å². The first kappa shape index (κ1) is 20.4. The maximum Gasteiger partial charge on any atom is 0.410 e. The van der Waals surface area contributed by atoms with Crippen molar-refractivity contribution < 1.29 is 23.5 Å². The highest BCUT2D eigenvalue weighted by atomic mass is 19.1. The number of carbonyl (C=O) groups is 2. The van der Waals surface area contributed by atoms with Crippen molar-refractivity contribution in [3.05, 3.63) is 30.1 Å². The van der Waals surface area contributed by atoms with Crippen molar-refractivity contribution in [2.75, 3.05) is 26.3 Å². The molecule has 2 atom stereocenters. The molecule has 6 nitrogen and oxygen atoms in total. The SMILES string of the molecule is CC[C@H](C)[C@H]1COC(=O)N1C1CCN(C(=O)CCOc2ccccc2F)CC1. The molecular formula is C21H29FN2O4. The zero-order valence-electron chi connectivity index (χ0n) is 16.6. The summed E-state index contributed by atoms with van der Waals surface area (Å²) < 4.78 is 24.2. The van der Waals surface area contributed by atoms with Crippen LogP contribution in [0.4, 0.5) is 9.18 Å². The monoisotopic (exact) mass is 392 g/mol. The highest BCUT2D eigenvalue weighted by Crippen LogP contribution is 2.29. The van der Waals surface area contributed by atoms with Crippen molar-refractivity contribution in [2.45, 2.75) is 51.6 Å². The van der Waals surface area contributed by atoms with Gasteiger partial charge in [0, 0.05) is 19.1 Å². The van der Waals surface area contributed by atoms with Gasteiger partial charge < -0.3 is 14.4 Å². The highest BCUT2D eigenvalue weighted by molar-refractivity contribution is 5.76. The van der Waals surface area contributed by atoms with Crippen LogP contribution >= 0.6 is 0 Å². The largest absolute Gasteiger partial charge is 0.490 e. The average Bonchev–Trinajstić information content (AvgIpc) is 3.10. The summed E-state index contributed by atoms with van der Waals surface area (Å²) in [5.74, 6) is 0.126. The summed E-state index contributed by atoms with van der Waals surface area (Å²) in [6, 6.07) is 6.42. The van der Waals surface area contributed by atoms with Crippen LogP contribution in [0.1, 0.15) is 39.5 Å². The molecule has 1 aromatic rings. The number of amides is 2. The fourth-order valence-corrected chi connectivity index (χ4v) is 3.94. The van der Waals surface area contributed by atoms with Gasteiger partial charge in [-0.1, -0.05) is 32.4 Å². The van der Waals surface area contributed by atoms with Gasteiger partial charge in [0.25, 0.3) is 0 Å². The Morgan fingerprint density at radius 3 is 2.71 bits per heavy atom. The number of hydrogen-bond acceptors (Lipinski definition) is 4. The van der Waals surface area contributed by atoms with E-state index >= 15 is 0 Å². The molecule has 0 radical (unpaired) electrons. The minimum Gasteiger partial charge on any atom is -0.490 e. The second-order valence-electron chi connectivity index (χ2n) is 7.58. The lowest BCUT2D eigenvalue weighted by Gasteiger charge is -2.39. The summed E-state index contributed by atoms with van der Waals surface area (Å²) in [5.41, 5.74) is 0. The minimum atomic E-state index is -0.427. The Kier molecular flexibility index (Phi) is 6.75. The van der Waals surface area contributed by atoms with E-state index in [1.807, 2.05) is 4.90 Å². The molecule has 2 aliphatic rings. The molecule has 1 aromatic carbocycles. The molecule has 0 bridgehead atoms. The van der Waals surface area contributed by atoms with Gasteiger partial charge in [-0.3, -0.25) is 9.69 Å². The van der Waals surface area contributed by atoms with Gasteiger partial charge in [0.15, 0.2) is 11.6 Å². The summed E-state index contributed by atoms with van der Waals surface area (Å²) in [4.78, 5) is 28.3. The Bertz CT molecular complexity index is 691. The number of nitrogens with zero attached hydrogens (tertiary/aromatic N) is 2. The second-order valence-corrected chi connectivity index (χ2v) is 7.58. The molecule has 0 N–H and O–H groups in total. The van der Waals surface area contributed by atoms with Crippen molar-refractivity contribution in [2.24, 2.45) is 5.92 Å². The Morgan fingerprint density at radius 1 is 1.32 bits per heavy atom. The molecule has 0 spiro atoms. The van der Waals surface area contributed by atoms with Gasteiger partial charge >= 0.3 is 6.09 Å². The molecule has 28 heavy (non-hydrogen) atoms. The number of hydrogen-bond donors (Lipinski definition) is 0. The van der Waals surface area contributed by atoms with Crippen molar-refractivity contribution in [3.63, 3.8) is 0 Å². The fourth-order valence-electron chi connectivity index (χ4n) is 3.94. The number of likely N-dealkylation sites (tertiary alicyclic amines) is 1. The number of ether oxygens (including phenoxy) is 2. The van der Waals surface area contributed by atoms with Gasteiger partial charge in [-0.15, -0.1) is 0 Å².